The zero-order valence-corrected chi connectivity index (χ0v) is 22.3. The van der Waals surface area contributed by atoms with Crippen LogP contribution in [0.25, 0.3) is 16.8 Å². The maximum absolute atomic E-state index is 14.2. The highest BCUT2D eigenvalue weighted by molar-refractivity contribution is 7.13. The first-order chi connectivity index (χ1) is 18.2. The Morgan fingerprint density at radius 2 is 1.89 bits per heavy atom. The molecule has 0 radical (unpaired) electrons. The van der Waals surface area contributed by atoms with Crippen molar-refractivity contribution in [2.45, 2.75) is 51.4 Å². The van der Waals surface area contributed by atoms with Crippen LogP contribution in [-0.2, 0) is 17.5 Å². The van der Waals surface area contributed by atoms with Gasteiger partial charge in [-0.05, 0) is 79.7 Å². The van der Waals surface area contributed by atoms with Crippen molar-refractivity contribution in [3.63, 3.8) is 0 Å². The highest BCUT2D eigenvalue weighted by Gasteiger charge is 2.40. The molecule has 0 aliphatic carbocycles. The second-order valence-corrected chi connectivity index (χ2v) is 10.8. The van der Waals surface area contributed by atoms with E-state index in [1.165, 1.54) is 23.0 Å². The average molecular weight is 541 g/mol. The van der Waals surface area contributed by atoms with Gasteiger partial charge in [0.25, 0.3) is 0 Å². The lowest BCUT2D eigenvalue weighted by molar-refractivity contribution is -0.138. The van der Waals surface area contributed by atoms with E-state index in [0.717, 1.165) is 38.0 Å². The van der Waals surface area contributed by atoms with Crippen molar-refractivity contribution in [2.24, 2.45) is 0 Å². The Hall–Kier alpha value is -3.17. The molecule has 38 heavy (non-hydrogen) atoms. The molecular weight excluding hydrogens is 509 g/mol. The second kappa shape index (κ2) is 10.5. The van der Waals surface area contributed by atoms with Gasteiger partial charge in [0, 0.05) is 29.4 Å². The van der Waals surface area contributed by atoms with Crippen LogP contribution < -0.4 is 5.32 Å². The van der Waals surface area contributed by atoms with E-state index in [4.69, 9.17) is 0 Å². The van der Waals surface area contributed by atoms with Crippen LogP contribution in [0.1, 0.15) is 54.9 Å². The van der Waals surface area contributed by atoms with Crippen LogP contribution in [0.3, 0.4) is 0 Å². The van der Waals surface area contributed by atoms with E-state index >= 15 is 0 Å². The molecule has 2 aromatic carbocycles. The molecule has 200 valence electrons. The van der Waals surface area contributed by atoms with Crippen LogP contribution in [0.15, 0.2) is 54.6 Å². The Balaban J connectivity index is 1.41. The van der Waals surface area contributed by atoms with Gasteiger partial charge in [-0.25, -0.2) is 4.98 Å². The molecule has 1 aromatic heterocycles. The summed E-state index contributed by atoms with van der Waals surface area (Å²) >= 11 is 1.28. The number of rotatable bonds is 6. The van der Waals surface area contributed by atoms with E-state index in [1.807, 2.05) is 24.3 Å². The molecule has 0 saturated carbocycles. The summed E-state index contributed by atoms with van der Waals surface area (Å²) in [5, 5.41) is 4.91. The third-order valence-electron chi connectivity index (χ3n) is 7.80. The molecule has 9 heteroatoms. The minimum atomic E-state index is -4.53. The van der Waals surface area contributed by atoms with E-state index in [9.17, 15) is 18.0 Å². The van der Waals surface area contributed by atoms with Gasteiger partial charge in [0.15, 0.2) is 5.13 Å². The second-order valence-electron chi connectivity index (χ2n) is 9.96. The molecule has 1 unspecified atom stereocenters. The van der Waals surface area contributed by atoms with Gasteiger partial charge in [-0.2, -0.15) is 13.2 Å². The van der Waals surface area contributed by atoms with Crippen LogP contribution in [0.4, 0.5) is 18.3 Å². The van der Waals surface area contributed by atoms with Crippen molar-refractivity contribution < 1.29 is 18.0 Å². The number of halogens is 3. The van der Waals surface area contributed by atoms with E-state index in [2.05, 4.69) is 28.7 Å². The predicted molar refractivity (Wildman–Crippen MR) is 146 cm³/mol. The van der Waals surface area contributed by atoms with Crippen LogP contribution in [0, 0.1) is 0 Å². The van der Waals surface area contributed by atoms with Crippen molar-refractivity contribution >= 4 is 28.1 Å². The number of alkyl halides is 3. The molecule has 1 saturated heterocycles. The lowest BCUT2D eigenvalue weighted by Gasteiger charge is -2.31. The average Bonchev–Trinajstić information content (AvgIpc) is 3.55. The monoisotopic (exact) mass is 540 g/mol. The fourth-order valence-corrected chi connectivity index (χ4v) is 6.01. The molecule has 1 atom stereocenters. The number of benzene rings is 2. The summed E-state index contributed by atoms with van der Waals surface area (Å²) in [4.78, 5) is 20.9. The maximum Gasteiger partial charge on any atom is 0.416 e. The molecule has 3 aromatic rings. The smallest absolute Gasteiger partial charge is 0.355 e. The Morgan fingerprint density at radius 3 is 2.50 bits per heavy atom. The molecule has 1 fully saturated rings. The number of carbonyl (C=O) groups excluding carboxylic acids is 1. The SMILES string of the molecule is C=C1c2cc(-c3ccc(C4CCN(CC)CC4)cc3)cc(C(F)(F)F)c2CN1C(C)C(=O)Nc1nccs1. The number of carbonyl (C=O) groups is 1. The van der Waals surface area contributed by atoms with Crippen molar-refractivity contribution in [1.82, 2.24) is 14.8 Å². The molecule has 0 bridgehead atoms. The first-order valence-corrected chi connectivity index (χ1v) is 13.8. The minimum Gasteiger partial charge on any atom is -0.355 e. The van der Waals surface area contributed by atoms with Crippen molar-refractivity contribution in [1.29, 1.82) is 0 Å². The summed E-state index contributed by atoms with van der Waals surface area (Å²) in [7, 11) is 0. The number of hydrogen-bond acceptors (Lipinski definition) is 5. The van der Waals surface area contributed by atoms with Crippen molar-refractivity contribution in [3.05, 3.63) is 76.8 Å². The molecular formula is C29H31F3N4OS. The summed E-state index contributed by atoms with van der Waals surface area (Å²) < 4.78 is 42.7. The van der Waals surface area contributed by atoms with Crippen molar-refractivity contribution in [2.75, 3.05) is 25.0 Å². The number of thiazole rings is 1. The number of anilines is 1. The van der Waals surface area contributed by atoms with Gasteiger partial charge in [-0.3, -0.25) is 4.79 Å². The Kier molecular flexibility index (Phi) is 7.33. The van der Waals surface area contributed by atoms with E-state index < -0.39 is 17.8 Å². The van der Waals surface area contributed by atoms with E-state index in [0.29, 0.717) is 27.9 Å². The summed E-state index contributed by atoms with van der Waals surface area (Å²) in [6.07, 6.45) is -0.771. The lowest BCUT2D eigenvalue weighted by Crippen LogP contribution is -2.38. The number of likely N-dealkylation sites (tertiary alicyclic amines) is 1. The fourth-order valence-electron chi connectivity index (χ4n) is 5.48. The maximum atomic E-state index is 14.2. The summed E-state index contributed by atoms with van der Waals surface area (Å²) in [5.41, 5.74) is 2.77. The Morgan fingerprint density at radius 1 is 1.18 bits per heavy atom. The fraction of sp³-hybridized carbons (Fsp3) is 0.379. The van der Waals surface area contributed by atoms with Gasteiger partial charge in [-0.15, -0.1) is 11.3 Å². The van der Waals surface area contributed by atoms with Crippen LogP contribution in [-0.4, -0.2) is 46.4 Å². The van der Waals surface area contributed by atoms with E-state index in [-0.39, 0.29) is 18.0 Å². The van der Waals surface area contributed by atoms with Gasteiger partial charge in [0.2, 0.25) is 5.91 Å². The molecule has 5 nitrogen and oxygen atoms in total. The Bertz CT molecular complexity index is 1310. The quantitative estimate of drug-likeness (QED) is 0.372. The number of nitrogens with one attached hydrogen (secondary N) is 1. The van der Waals surface area contributed by atoms with Crippen molar-refractivity contribution in [3.8, 4) is 11.1 Å². The lowest BCUT2D eigenvalue weighted by atomic mass is 9.88. The topological polar surface area (TPSA) is 48.5 Å². The molecule has 0 spiro atoms. The van der Waals surface area contributed by atoms with Crippen LogP contribution in [0.5, 0.6) is 0 Å². The summed E-state index contributed by atoms with van der Waals surface area (Å²) in [5.74, 6) is 0.131. The third kappa shape index (κ3) is 5.22. The normalized spacial score (nSPS) is 17.5. The van der Waals surface area contributed by atoms with Gasteiger partial charge >= 0.3 is 6.18 Å². The number of nitrogens with zero attached hydrogens (tertiary/aromatic N) is 3. The molecule has 2 aliphatic heterocycles. The predicted octanol–water partition coefficient (Wildman–Crippen LogP) is 6.84. The van der Waals surface area contributed by atoms with Gasteiger partial charge in [-0.1, -0.05) is 37.8 Å². The number of fused-ring (bicyclic) bond motifs is 1. The number of amides is 1. The first kappa shape index (κ1) is 26.4. The standard InChI is InChI=1S/C29H31F3N4OS/c1-4-35-12-9-22(10-13-35)20-5-7-21(8-6-20)23-15-24-18(2)36(17-25(24)26(16-23)29(30,31)32)19(3)27(37)34-28-33-11-14-38-28/h5-8,11,14-16,19,22H,2,4,9-10,12-13,17H2,1,3H3,(H,33,34,37). The number of aromatic nitrogens is 1. The van der Waals surface area contributed by atoms with Gasteiger partial charge < -0.3 is 15.1 Å². The molecule has 2 aliphatic rings. The number of hydrogen-bond donors (Lipinski definition) is 1. The highest BCUT2D eigenvalue weighted by atomic mass is 32.1. The summed E-state index contributed by atoms with van der Waals surface area (Å²) in [6.45, 7) is 11.1. The first-order valence-electron chi connectivity index (χ1n) is 12.9. The van der Waals surface area contributed by atoms with E-state index in [1.54, 1.807) is 29.5 Å². The molecule has 5 rings (SSSR count). The zero-order chi connectivity index (χ0) is 27.0. The molecule has 1 N–H and O–H groups in total. The summed E-state index contributed by atoms with van der Waals surface area (Å²) in [6, 6.07) is 10.2. The van der Waals surface area contributed by atoms with Crippen LogP contribution >= 0.6 is 11.3 Å². The Labute approximate surface area is 225 Å². The van der Waals surface area contributed by atoms with Crippen LogP contribution in [0.2, 0.25) is 0 Å². The third-order valence-corrected chi connectivity index (χ3v) is 8.49. The molecule has 1 amide bonds. The minimum absolute atomic E-state index is 0.0366. The van der Waals surface area contributed by atoms with Gasteiger partial charge in [0.05, 0.1) is 5.56 Å². The zero-order valence-electron chi connectivity index (χ0n) is 21.5. The number of piperidine rings is 1. The largest absolute Gasteiger partial charge is 0.416 e. The highest BCUT2D eigenvalue weighted by Crippen LogP contribution is 2.44. The van der Waals surface area contributed by atoms with Gasteiger partial charge in [0.1, 0.15) is 6.04 Å². The molecule has 3 heterocycles.